The summed E-state index contributed by atoms with van der Waals surface area (Å²) < 4.78 is 10.6. The fourth-order valence-electron chi connectivity index (χ4n) is 3.23. The Kier molecular flexibility index (Phi) is 11.6. The number of esters is 2. The van der Waals surface area contributed by atoms with Crippen LogP contribution in [0.25, 0.3) is 0 Å². The van der Waals surface area contributed by atoms with E-state index in [4.69, 9.17) is 9.47 Å². The predicted octanol–water partition coefficient (Wildman–Crippen LogP) is 2.84. The number of hydrogen-bond donors (Lipinski definition) is 2. The van der Waals surface area contributed by atoms with Gasteiger partial charge in [-0.3, -0.25) is 9.59 Å². The Hall–Kier alpha value is -3.68. The summed E-state index contributed by atoms with van der Waals surface area (Å²) in [4.78, 5) is 50.9. The van der Waals surface area contributed by atoms with Crippen LogP contribution in [0.4, 0.5) is 0 Å². The van der Waals surface area contributed by atoms with Crippen molar-refractivity contribution in [3.8, 4) is 0 Å². The van der Waals surface area contributed by atoms with Crippen LogP contribution in [-0.2, 0) is 41.5 Å². The number of carbonyl (C=O) groups excluding carboxylic acids is 4. The van der Waals surface area contributed by atoms with E-state index in [-0.39, 0.29) is 37.9 Å². The van der Waals surface area contributed by atoms with Gasteiger partial charge in [-0.15, -0.1) is 0 Å². The van der Waals surface area contributed by atoms with Gasteiger partial charge in [0.15, 0.2) is 0 Å². The molecule has 2 aromatic carbocycles. The van der Waals surface area contributed by atoms with E-state index < -0.39 is 35.8 Å². The molecule has 0 aliphatic rings. The van der Waals surface area contributed by atoms with Gasteiger partial charge in [0.2, 0.25) is 0 Å². The van der Waals surface area contributed by atoms with E-state index >= 15 is 0 Å². The molecule has 2 amide bonds. The Morgan fingerprint density at radius 3 is 1.25 bits per heavy atom. The topological polar surface area (TPSA) is 111 Å². The maximum absolute atomic E-state index is 12.8. The van der Waals surface area contributed by atoms with Crippen LogP contribution in [0.3, 0.4) is 0 Å². The van der Waals surface area contributed by atoms with Crippen molar-refractivity contribution < 1.29 is 28.7 Å². The Labute approximate surface area is 212 Å². The first-order valence-electron chi connectivity index (χ1n) is 12.2. The fraction of sp³-hybridized carbons (Fsp3) is 0.429. The van der Waals surface area contributed by atoms with Crippen molar-refractivity contribution in [1.82, 2.24) is 10.6 Å². The quantitative estimate of drug-likeness (QED) is 0.345. The van der Waals surface area contributed by atoms with Crippen LogP contribution in [0.2, 0.25) is 0 Å². The minimum absolute atomic E-state index is 0.112. The van der Waals surface area contributed by atoms with Crippen molar-refractivity contribution in [1.29, 1.82) is 0 Å². The second-order valence-electron chi connectivity index (χ2n) is 9.48. The lowest BCUT2D eigenvalue weighted by Gasteiger charge is -2.21. The predicted molar refractivity (Wildman–Crippen MR) is 136 cm³/mol. The first-order valence-corrected chi connectivity index (χ1v) is 12.2. The van der Waals surface area contributed by atoms with E-state index in [2.05, 4.69) is 10.6 Å². The summed E-state index contributed by atoms with van der Waals surface area (Å²) >= 11 is 0. The van der Waals surface area contributed by atoms with E-state index in [1.165, 1.54) is 0 Å². The second kappa shape index (κ2) is 14.7. The monoisotopic (exact) mass is 496 g/mol. The largest absolute Gasteiger partial charge is 0.464 e. The summed E-state index contributed by atoms with van der Waals surface area (Å²) in [5, 5.41) is 4.94. The number of carbonyl (C=O) groups is 4. The molecule has 0 radical (unpaired) electrons. The van der Waals surface area contributed by atoms with Gasteiger partial charge in [-0.05, 0) is 23.0 Å². The summed E-state index contributed by atoms with van der Waals surface area (Å²) in [5.41, 5.74) is 1.59. The van der Waals surface area contributed by atoms with Crippen LogP contribution in [0.5, 0.6) is 0 Å². The molecule has 8 heteroatoms. The molecule has 194 valence electrons. The lowest BCUT2D eigenvalue weighted by atomic mass is 10.1. The zero-order valence-corrected chi connectivity index (χ0v) is 21.4. The highest BCUT2D eigenvalue weighted by Gasteiger charge is 2.30. The molecule has 36 heavy (non-hydrogen) atoms. The molecule has 0 saturated heterocycles. The van der Waals surface area contributed by atoms with E-state index in [1.54, 1.807) is 0 Å². The van der Waals surface area contributed by atoms with E-state index in [1.807, 2.05) is 88.4 Å². The molecular weight excluding hydrogens is 460 g/mol. The second-order valence-corrected chi connectivity index (χ2v) is 9.48. The van der Waals surface area contributed by atoms with Crippen LogP contribution in [0, 0.1) is 11.8 Å². The molecule has 2 N–H and O–H groups in total. The molecule has 2 unspecified atom stereocenters. The van der Waals surface area contributed by atoms with Crippen LogP contribution in [0.15, 0.2) is 60.7 Å². The summed E-state index contributed by atoms with van der Waals surface area (Å²) in [6.07, 6.45) is 0.307. The third-order valence-electron chi connectivity index (χ3n) is 5.07. The molecule has 0 aliphatic carbocycles. The molecular formula is C28H36N2O6. The Morgan fingerprint density at radius 2 is 0.944 bits per heavy atom. The van der Waals surface area contributed by atoms with E-state index in [9.17, 15) is 19.2 Å². The Bertz CT molecular complexity index is 910. The van der Waals surface area contributed by atoms with Gasteiger partial charge in [0, 0.05) is 12.8 Å². The average Bonchev–Trinajstić information content (AvgIpc) is 2.86. The van der Waals surface area contributed by atoms with Gasteiger partial charge in [0.05, 0.1) is 13.2 Å². The van der Waals surface area contributed by atoms with Gasteiger partial charge in [0.1, 0.15) is 12.1 Å². The Morgan fingerprint density at radius 1 is 0.611 bits per heavy atom. The maximum atomic E-state index is 12.8. The molecule has 8 nitrogen and oxygen atoms in total. The number of benzene rings is 2. The van der Waals surface area contributed by atoms with E-state index in [0.717, 1.165) is 11.1 Å². The minimum atomic E-state index is -1.06. The van der Waals surface area contributed by atoms with Crippen LogP contribution in [-0.4, -0.2) is 49.1 Å². The van der Waals surface area contributed by atoms with Crippen molar-refractivity contribution in [3.05, 3.63) is 71.8 Å². The molecule has 0 bridgehead atoms. The summed E-state index contributed by atoms with van der Waals surface area (Å²) in [6.45, 7) is 7.97. The molecule has 0 fully saturated rings. The zero-order valence-electron chi connectivity index (χ0n) is 21.4. The third-order valence-corrected chi connectivity index (χ3v) is 5.07. The lowest BCUT2D eigenvalue weighted by molar-refractivity contribution is -0.152. The van der Waals surface area contributed by atoms with Gasteiger partial charge >= 0.3 is 23.8 Å². The highest BCUT2D eigenvalue weighted by atomic mass is 16.5. The van der Waals surface area contributed by atoms with Crippen LogP contribution in [0.1, 0.15) is 38.8 Å². The summed E-state index contributed by atoms with van der Waals surface area (Å²) in [7, 11) is 0. The van der Waals surface area contributed by atoms with Gasteiger partial charge in [0.25, 0.3) is 0 Å². The average molecular weight is 497 g/mol. The molecule has 2 rings (SSSR count). The van der Waals surface area contributed by atoms with Crippen molar-refractivity contribution >= 4 is 23.8 Å². The number of ether oxygens (including phenoxy) is 2. The number of nitrogens with one attached hydrogen (secondary N) is 2. The summed E-state index contributed by atoms with van der Waals surface area (Å²) in [6, 6.07) is 16.1. The van der Waals surface area contributed by atoms with Gasteiger partial charge in [-0.1, -0.05) is 88.4 Å². The van der Waals surface area contributed by atoms with Crippen molar-refractivity contribution in [2.45, 2.75) is 52.6 Å². The lowest BCUT2D eigenvalue weighted by Crippen LogP contribution is -2.53. The molecule has 2 aromatic rings. The molecule has 0 saturated carbocycles. The minimum Gasteiger partial charge on any atom is -0.464 e. The molecule has 2 atom stereocenters. The van der Waals surface area contributed by atoms with Crippen LogP contribution >= 0.6 is 0 Å². The first kappa shape index (κ1) is 28.6. The Balaban J connectivity index is 2.12. The number of rotatable bonds is 12. The summed E-state index contributed by atoms with van der Waals surface area (Å²) in [5.74, 6) is -3.11. The van der Waals surface area contributed by atoms with Crippen molar-refractivity contribution in [2.24, 2.45) is 11.8 Å². The van der Waals surface area contributed by atoms with E-state index in [0.29, 0.717) is 0 Å². The smallest absolute Gasteiger partial charge is 0.329 e. The van der Waals surface area contributed by atoms with Crippen LogP contribution < -0.4 is 10.6 Å². The number of amides is 2. The van der Waals surface area contributed by atoms with Crippen molar-refractivity contribution in [3.63, 3.8) is 0 Å². The molecule has 0 aromatic heterocycles. The number of hydrogen-bond acceptors (Lipinski definition) is 6. The molecule has 0 aliphatic heterocycles. The standard InChI is InChI=1S/C28H36N2O6/c1-19(2)17-35-27(33)23(15-21-11-7-5-8-12-21)29-25(31)26(32)30-24(28(34)36-18-20(3)4)16-22-13-9-6-10-14-22/h5-14,19-20,23-24H,15-18H2,1-4H3,(H,29,31)(H,30,32). The zero-order chi connectivity index (χ0) is 26.5. The fourth-order valence-corrected chi connectivity index (χ4v) is 3.23. The van der Waals surface area contributed by atoms with Gasteiger partial charge in [-0.2, -0.15) is 0 Å². The SMILES string of the molecule is CC(C)COC(=O)C(Cc1ccccc1)NC(=O)C(=O)NC(Cc1ccccc1)C(=O)OCC(C)C. The highest BCUT2D eigenvalue weighted by molar-refractivity contribution is 6.35. The molecule has 0 heterocycles. The van der Waals surface area contributed by atoms with Gasteiger partial charge in [-0.25, -0.2) is 9.59 Å². The van der Waals surface area contributed by atoms with Crippen molar-refractivity contribution in [2.75, 3.05) is 13.2 Å². The maximum Gasteiger partial charge on any atom is 0.329 e. The molecule has 0 spiro atoms. The first-order chi connectivity index (χ1) is 17.2. The van der Waals surface area contributed by atoms with Gasteiger partial charge < -0.3 is 20.1 Å². The third kappa shape index (κ3) is 10.3. The normalized spacial score (nSPS) is 12.5. The highest BCUT2D eigenvalue weighted by Crippen LogP contribution is 2.08.